The molecule has 0 saturated carbocycles. The molecule has 0 radical (unpaired) electrons. The van der Waals surface area contributed by atoms with Gasteiger partial charge >= 0.3 is 0 Å². The average Bonchev–Trinajstić information content (AvgIpc) is 2.54. The minimum Gasteiger partial charge on any atom is -0.482 e. The lowest BCUT2D eigenvalue weighted by Gasteiger charge is -2.12. The van der Waals surface area contributed by atoms with Gasteiger partial charge in [-0.05, 0) is 30.2 Å². The normalized spacial score (nSPS) is 11.8. The first-order chi connectivity index (χ1) is 10.6. The average molecular weight is 320 g/mol. The van der Waals surface area contributed by atoms with E-state index in [9.17, 15) is 4.79 Å². The van der Waals surface area contributed by atoms with Crippen LogP contribution in [-0.2, 0) is 4.79 Å². The number of ether oxygens (including phenoxy) is 1. The molecule has 4 nitrogen and oxygen atoms in total. The molecule has 0 saturated heterocycles. The van der Waals surface area contributed by atoms with Crippen LogP contribution in [0, 0.1) is 0 Å². The molecule has 116 valence electrons. The van der Waals surface area contributed by atoms with Gasteiger partial charge in [0.1, 0.15) is 5.75 Å². The predicted molar refractivity (Wildman–Crippen MR) is 87.1 cm³/mol. The van der Waals surface area contributed by atoms with Gasteiger partial charge < -0.3 is 15.2 Å². The third-order valence-electron chi connectivity index (χ3n) is 3.08. The van der Waals surface area contributed by atoms with Crippen LogP contribution in [0.1, 0.15) is 6.92 Å². The zero-order chi connectivity index (χ0) is 15.9. The highest BCUT2D eigenvalue weighted by molar-refractivity contribution is 6.32. The number of carbonyl (C=O) groups excluding carboxylic acids is 1. The summed E-state index contributed by atoms with van der Waals surface area (Å²) in [6.07, 6.45) is 0. The quantitative estimate of drug-likeness (QED) is 0.860. The van der Waals surface area contributed by atoms with Gasteiger partial charge in [-0.15, -0.1) is 0 Å². The SMILES string of the molecule is CC(CO)NC(=O)COc1ccc(-c2ccccc2)cc1Cl. The number of hydrogen-bond acceptors (Lipinski definition) is 3. The number of halogens is 1. The van der Waals surface area contributed by atoms with Crippen molar-refractivity contribution in [1.29, 1.82) is 0 Å². The molecule has 2 aromatic carbocycles. The fourth-order valence-corrected chi connectivity index (χ4v) is 2.17. The van der Waals surface area contributed by atoms with Gasteiger partial charge in [0, 0.05) is 6.04 Å². The molecule has 0 aliphatic carbocycles. The maximum atomic E-state index is 11.6. The molecule has 0 fully saturated rings. The fraction of sp³-hybridized carbons (Fsp3) is 0.235. The number of aliphatic hydroxyl groups excluding tert-OH is 1. The van der Waals surface area contributed by atoms with Gasteiger partial charge in [0.2, 0.25) is 0 Å². The van der Waals surface area contributed by atoms with E-state index in [0.29, 0.717) is 10.8 Å². The molecule has 2 N–H and O–H groups in total. The van der Waals surface area contributed by atoms with Crippen molar-refractivity contribution < 1.29 is 14.6 Å². The molecule has 2 rings (SSSR count). The van der Waals surface area contributed by atoms with Crippen molar-refractivity contribution in [3.8, 4) is 16.9 Å². The Labute approximate surface area is 134 Å². The molecule has 2 aromatic rings. The van der Waals surface area contributed by atoms with E-state index < -0.39 is 0 Å². The van der Waals surface area contributed by atoms with Gasteiger partial charge in [-0.3, -0.25) is 4.79 Å². The second-order valence-corrected chi connectivity index (χ2v) is 5.36. The standard InChI is InChI=1S/C17H18ClNO3/c1-12(10-20)19-17(21)11-22-16-8-7-14(9-15(16)18)13-5-3-2-4-6-13/h2-9,12,20H,10-11H2,1H3,(H,19,21). The lowest BCUT2D eigenvalue weighted by molar-refractivity contribution is -0.123. The van der Waals surface area contributed by atoms with E-state index in [1.165, 1.54) is 0 Å². The molecule has 0 aliphatic heterocycles. The molecule has 0 bridgehead atoms. The van der Waals surface area contributed by atoms with E-state index in [1.807, 2.05) is 36.4 Å². The van der Waals surface area contributed by atoms with Crippen LogP contribution in [0.3, 0.4) is 0 Å². The monoisotopic (exact) mass is 319 g/mol. The van der Waals surface area contributed by atoms with Crippen LogP contribution in [-0.4, -0.2) is 30.3 Å². The van der Waals surface area contributed by atoms with Crippen molar-refractivity contribution in [2.24, 2.45) is 0 Å². The third kappa shape index (κ3) is 4.48. The maximum Gasteiger partial charge on any atom is 0.258 e. The van der Waals surface area contributed by atoms with E-state index in [2.05, 4.69) is 5.32 Å². The summed E-state index contributed by atoms with van der Waals surface area (Å²) in [7, 11) is 0. The summed E-state index contributed by atoms with van der Waals surface area (Å²) in [4.78, 5) is 11.6. The van der Waals surface area contributed by atoms with Crippen LogP contribution in [0.2, 0.25) is 5.02 Å². The lowest BCUT2D eigenvalue weighted by Crippen LogP contribution is -2.38. The Morgan fingerprint density at radius 2 is 1.95 bits per heavy atom. The summed E-state index contributed by atoms with van der Waals surface area (Å²) >= 11 is 6.20. The molecule has 1 atom stereocenters. The molecule has 22 heavy (non-hydrogen) atoms. The van der Waals surface area contributed by atoms with Gasteiger partial charge in [-0.2, -0.15) is 0 Å². The number of carbonyl (C=O) groups is 1. The van der Waals surface area contributed by atoms with Gasteiger partial charge in [0.25, 0.3) is 5.91 Å². The highest BCUT2D eigenvalue weighted by atomic mass is 35.5. The van der Waals surface area contributed by atoms with Crippen molar-refractivity contribution >= 4 is 17.5 Å². The summed E-state index contributed by atoms with van der Waals surface area (Å²) in [6.45, 7) is 1.45. The molecular weight excluding hydrogens is 302 g/mol. The fourth-order valence-electron chi connectivity index (χ4n) is 1.93. The predicted octanol–water partition coefficient (Wildman–Crippen LogP) is 2.88. The third-order valence-corrected chi connectivity index (χ3v) is 3.37. The zero-order valence-corrected chi connectivity index (χ0v) is 13.0. The van der Waals surface area contributed by atoms with Crippen molar-refractivity contribution in [2.75, 3.05) is 13.2 Å². The van der Waals surface area contributed by atoms with Crippen molar-refractivity contribution in [2.45, 2.75) is 13.0 Å². The van der Waals surface area contributed by atoms with Crippen LogP contribution in [0.15, 0.2) is 48.5 Å². The molecule has 1 amide bonds. The summed E-state index contributed by atoms with van der Waals surface area (Å²) in [5.74, 6) is 0.151. The van der Waals surface area contributed by atoms with Crippen LogP contribution in [0.25, 0.3) is 11.1 Å². The Morgan fingerprint density at radius 1 is 1.23 bits per heavy atom. The Kier molecular flexibility index (Phi) is 5.81. The van der Waals surface area contributed by atoms with Crippen LogP contribution >= 0.6 is 11.6 Å². The molecule has 0 spiro atoms. The Morgan fingerprint density at radius 3 is 2.59 bits per heavy atom. The van der Waals surface area contributed by atoms with Crippen molar-refractivity contribution in [3.05, 3.63) is 53.6 Å². The number of rotatable bonds is 6. The highest BCUT2D eigenvalue weighted by Gasteiger charge is 2.09. The van der Waals surface area contributed by atoms with Gasteiger partial charge in [0.05, 0.1) is 11.6 Å². The summed E-state index contributed by atoms with van der Waals surface area (Å²) in [5.41, 5.74) is 2.04. The molecular formula is C17H18ClNO3. The van der Waals surface area contributed by atoms with E-state index in [4.69, 9.17) is 21.4 Å². The molecule has 0 aliphatic rings. The van der Waals surface area contributed by atoms with Crippen molar-refractivity contribution in [3.63, 3.8) is 0 Å². The Hall–Kier alpha value is -2.04. The van der Waals surface area contributed by atoms with E-state index in [0.717, 1.165) is 11.1 Å². The van der Waals surface area contributed by atoms with Crippen LogP contribution in [0.4, 0.5) is 0 Å². The molecule has 1 unspecified atom stereocenters. The minimum absolute atomic E-state index is 0.113. The van der Waals surface area contributed by atoms with Gasteiger partial charge in [-0.25, -0.2) is 0 Å². The van der Waals surface area contributed by atoms with E-state index in [1.54, 1.807) is 19.1 Å². The number of nitrogens with one attached hydrogen (secondary N) is 1. The number of hydrogen-bond donors (Lipinski definition) is 2. The Bertz CT molecular complexity index is 631. The first-order valence-electron chi connectivity index (χ1n) is 6.98. The van der Waals surface area contributed by atoms with Crippen molar-refractivity contribution in [1.82, 2.24) is 5.32 Å². The van der Waals surface area contributed by atoms with Crippen LogP contribution < -0.4 is 10.1 Å². The topological polar surface area (TPSA) is 58.6 Å². The molecule has 0 heterocycles. The Balaban J connectivity index is 2.00. The zero-order valence-electron chi connectivity index (χ0n) is 12.3. The first kappa shape index (κ1) is 16.3. The summed E-state index contributed by atoms with van der Waals surface area (Å²) in [5, 5.41) is 11.9. The highest BCUT2D eigenvalue weighted by Crippen LogP contribution is 2.30. The van der Waals surface area contributed by atoms with E-state index in [-0.39, 0.29) is 25.2 Å². The smallest absolute Gasteiger partial charge is 0.258 e. The lowest BCUT2D eigenvalue weighted by atomic mass is 10.1. The summed E-state index contributed by atoms with van der Waals surface area (Å²) < 4.78 is 5.41. The van der Waals surface area contributed by atoms with Crippen LogP contribution in [0.5, 0.6) is 5.75 Å². The minimum atomic E-state index is -0.301. The van der Waals surface area contributed by atoms with E-state index >= 15 is 0 Å². The number of amides is 1. The molecule has 5 heteroatoms. The first-order valence-corrected chi connectivity index (χ1v) is 7.36. The molecule has 0 aromatic heterocycles. The number of benzene rings is 2. The second kappa shape index (κ2) is 7.82. The largest absolute Gasteiger partial charge is 0.482 e. The van der Waals surface area contributed by atoms with Gasteiger partial charge in [-0.1, -0.05) is 48.0 Å². The number of aliphatic hydroxyl groups is 1. The second-order valence-electron chi connectivity index (χ2n) is 4.95. The van der Waals surface area contributed by atoms with Gasteiger partial charge in [0.15, 0.2) is 6.61 Å². The maximum absolute atomic E-state index is 11.6. The summed E-state index contributed by atoms with van der Waals surface area (Å²) in [6, 6.07) is 15.0.